The van der Waals surface area contributed by atoms with Crippen LogP contribution >= 0.6 is 0 Å². The number of carbonyl (C=O) groups excluding carboxylic acids is 1. The van der Waals surface area contributed by atoms with Crippen LogP contribution in [0.5, 0.6) is 0 Å². The lowest BCUT2D eigenvalue weighted by Crippen LogP contribution is -2.28. The number of sulfonamides is 1. The van der Waals surface area contributed by atoms with Crippen molar-refractivity contribution in [2.45, 2.75) is 37.6 Å². The molecule has 0 aliphatic carbocycles. The maximum absolute atomic E-state index is 12.6. The summed E-state index contributed by atoms with van der Waals surface area (Å²) < 4.78 is 32.4. The van der Waals surface area contributed by atoms with E-state index < -0.39 is 16.1 Å². The molecule has 1 aliphatic rings. The quantitative estimate of drug-likeness (QED) is 0.684. The number of fused-ring (bicyclic) bond motifs is 2. The number of amidine groups is 1. The Bertz CT molecular complexity index is 1240. The van der Waals surface area contributed by atoms with Crippen LogP contribution in [0.2, 0.25) is 0 Å². The van der Waals surface area contributed by atoms with Crippen LogP contribution in [0.4, 0.5) is 5.69 Å². The summed E-state index contributed by atoms with van der Waals surface area (Å²) in [5.74, 6) is 0.592. The Hall–Kier alpha value is -3.20. The number of nitrogens with zero attached hydrogens (tertiary/aromatic N) is 2. The van der Waals surface area contributed by atoms with Crippen molar-refractivity contribution >= 4 is 38.6 Å². The largest absolute Gasteiger partial charge is 0.440 e. The van der Waals surface area contributed by atoms with E-state index >= 15 is 0 Å². The Morgan fingerprint density at radius 2 is 1.93 bits per heavy atom. The van der Waals surface area contributed by atoms with Crippen molar-refractivity contribution in [3.8, 4) is 0 Å². The Morgan fingerprint density at radius 1 is 1.17 bits per heavy atom. The van der Waals surface area contributed by atoms with Gasteiger partial charge in [0.1, 0.15) is 17.4 Å². The number of oxazole rings is 1. The highest BCUT2D eigenvalue weighted by atomic mass is 32.2. The molecule has 1 aliphatic heterocycles. The van der Waals surface area contributed by atoms with Crippen LogP contribution in [0.25, 0.3) is 11.1 Å². The van der Waals surface area contributed by atoms with Gasteiger partial charge in [-0.1, -0.05) is 26.0 Å². The molecule has 2 N–H and O–H groups in total. The Morgan fingerprint density at radius 3 is 2.69 bits per heavy atom. The normalized spacial score (nSPS) is 17.3. The van der Waals surface area contributed by atoms with Crippen LogP contribution in [-0.2, 0) is 14.8 Å². The predicted molar refractivity (Wildman–Crippen MR) is 109 cm³/mol. The van der Waals surface area contributed by atoms with E-state index in [1.54, 1.807) is 43.3 Å². The molecule has 2 heterocycles. The molecule has 0 radical (unpaired) electrons. The van der Waals surface area contributed by atoms with Gasteiger partial charge >= 0.3 is 0 Å². The van der Waals surface area contributed by atoms with Gasteiger partial charge in [0.05, 0.1) is 4.90 Å². The molecule has 1 amide bonds. The van der Waals surface area contributed by atoms with Gasteiger partial charge in [-0.25, -0.2) is 13.4 Å². The highest BCUT2D eigenvalue weighted by Crippen LogP contribution is 2.25. The van der Waals surface area contributed by atoms with Crippen molar-refractivity contribution in [1.82, 2.24) is 9.71 Å². The zero-order valence-electron chi connectivity index (χ0n) is 16.1. The molecule has 150 valence electrons. The number of rotatable bonds is 4. The second kappa shape index (κ2) is 7.00. The summed E-state index contributed by atoms with van der Waals surface area (Å²) in [5.41, 5.74) is 2.32. The molecule has 0 fully saturated rings. The van der Waals surface area contributed by atoms with Gasteiger partial charge in [-0.15, -0.1) is 0 Å². The SMILES string of the molecule is CC(C)c1nc2cc(NC(=O)[C@H](C)N=C3NS(=O)(=O)c4ccccc43)ccc2o1. The average molecular weight is 412 g/mol. The van der Waals surface area contributed by atoms with Gasteiger partial charge in [-0.3, -0.25) is 14.5 Å². The van der Waals surface area contributed by atoms with Crippen LogP contribution < -0.4 is 10.0 Å². The summed E-state index contributed by atoms with van der Waals surface area (Å²) in [6.07, 6.45) is 0. The first kappa shape index (κ1) is 19.1. The molecule has 0 bridgehead atoms. The molecule has 9 heteroatoms. The van der Waals surface area contributed by atoms with Gasteiger partial charge in [-0.05, 0) is 37.3 Å². The highest BCUT2D eigenvalue weighted by Gasteiger charge is 2.31. The van der Waals surface area contributed by atoms with Crippen molar-refractivity contribution in [2.75, 3.05) is 5.32 Å². The second-order valence-corrected chi connectivity index (χ2v) is 8.78. The molecule has 0 saturated heterocycles. The molecule has 29 heavy (non-hydrogen) atoms. The van der Waals surface area contributed by atoms with Crippen molar-refractivity contribution in [3.05, 3.63) is 53.9 Å². The lowest BCUT2D eigenvalue weighted by Gasteiger charge is -2.09. The minimum absolute atomic E-state index is 0.156. The van der Waals surface area contributed by atoms with E-state index in [9.17, 15) is 13.2 Å². The summed E-state index contributed by atoms with van der Waals surface area (Å²) in [4.78, 5) is 21.4. The zero-order valence-corrected chi connectivity index (χ0v) is 16.9. The van der Waals surface area contributed by atoms with E-state index in [-0.39, 0.29) is 22.6 Å². The number of hydrogen-bond donors (Lipinski definition) is 2. The fourth-order valence-electron chi connectivity index (χ4n) is 3.00. The maximum atomic E-state index is 12.6. The van der Waals surface area contributed by atoms with Gasteiger partial charge in [0.25, 0.3) is 10.0 Å². The molecular weight excluding hydrogens is 392 g/mol. The smallest absolute Gasteiger partial charge is 0.263 e. The van der Waals surface area contributed by atoms with Crippen molar-refractivity contribution < 1.29 is 17.6 Å². The van der Waals surface area contributed by atoms with E-state index in [0.717, 1.165) is 0 Å². The molecule has 2 aromatic carbocycles. The van der Waals surface area contributed by atoms with Crippen LogP contribution in [0, 0.1) is 0 Å². The third-order valence-corrected chi connectivity index (χ3v) is 5.93. The number of anilines is 1. The fourth-order valence-corrected chi connectivity index (χ4v) is 4.24. The fraction of sp³-hybridized carbons (Fsp3) is 0.250. The number of carbonyl (C=O) groups is 1. The third kappa shape index (κ3) is 3.61. The van der Waals surface area contributed by atoms with Gasteiger partial charge in [0.2, 0.25) is 5.91 Å². The van der Waals surface area contributed by atoms with Gasteiger partial charge < -0.3 is 9.73 Å². The second-order valence-electron chi connectivity index (χ2n) is 7.13. The number of benzene rings is 2. The van der Waals surface area contributed by atoms with E-state index in [1.807, 2.05) is 13.8 Å². The number of hydrogen-bond acceptors (Lipinski definition) is 6. The first-order chi connectivity index (χ1) is 13.7. The minimum atomic E-state index is -3.65. The van der Waals surface area contributed by atoms with E-state index in [2.05, 4.69) is 20.0 Å². The third-order valence-electron chi connectivity index (χ3n) is 4.53. The maximum Gasteiger partial charge on any atom is 0.263 e. The monoisotopic (exact) mass is 412 g/mol. The van der Waals surface area contributed by atoms with Crippen molar-refractivity contribution in [1.29, 1.82) is 0 Å². The predicted octanol–water partition coefficient (Wildman–Crippen LogP) is 3.02. The standard InChI is InChI=1S/C20H20N4O4S/c1-11(2)20-23-15-10-13(8-9-16(15)28-20)22-19(25)12(3)21-18-14-6-4-5-7-17(14)29(26,27)24-18/h4-12H,1-3H3,(H,21,24)(H,22,25)/t12-/m0/s1. The number of aliphatic imine (C=N–C) groups is 1. The summed E-state index contributed by atoms with van der Waals surface area (Å²) in [6.45, 7) is 5.58. The Labute approximate surface area is 168 Å². The molecule has 8 nitrogen and oxygen atoms in total. The molecule has 4 rings (SSSR count). The van der Waals surface area contributed by atoms with Gasteiger partial charge in [0.15, 0.2) is 11.5 Å². The first-order valence-corrected chi connectivity index (χ1v) is 10.6. The Kier molecular flexibility index (Phi) is 4.62. The zero-order chi connectivity index (χ0) is 20.8. The lowest BCUT2D eigenvalue weighted by atomic mass is 10.2. The summed E-state index contributed by atoms with van der Waals surface area (Å²) in [6, 6.07) is 10.9. The molecular formula is C20H20N4O4S. The van der Waals surface area contributed by atoms with Crippen LogP contribution in [0.3, 0.4) is 0 Å². The lowest BCUT2D eigenvalue weighted by molar-refractivity contribution is -0.117. The van der Waals surface area contributed by atoms with E-state index in [1.165, 1.54) is 6.07 Å². The number of amides is 1. The number of nitrogens with one attached hydrogen (secondary N) is 2. The van der Waals surface area contributed by atoms with Gasteiger partial charge in [0, 0.05) is 17.2 Å². The van der Waals surface area contributed by atoms with Crippen molar-refractivity contribution in [2.24, 2.45) is 4.99 Å². The number of aromatic nitrogens is 1. The Balaban J connectivity index is 1.55. The summed E-state index contributed by atoms with van der Waals surface area (Å²) in [5, 5.41) is 2.79. The average Bonchev–Trinajstić information content (AvgIpc) is 3.21. The minimum Gasteiger partial charge on any atom is -0.440 e. The van der Waals surface area contributed by atoms with Crippen LogP contribution in [-0.4, -0.2) is 31.2 Å². The highest BCUT2D eigenvalue weighted by molar-refractivity contribution is 7.90. The van der Waals surface area contributed by atoms with Crippen LogP contribution in [0.1, 0.15) is 38.1 Å². The summed E-state index contributed by atoms with van der Waals surface area (Å²) >= 11 is 0. The van der Waals surface area contributed by atoms with Crippen molar-refractivity contribution in [3.63, 3.8) is 0 Å². The molecule has 0 saturated carbocycles. The first-order valence-electron chi connectivity index (χ1n) is 9.16. The van der Waals surface area contributed by atoms with Crippen LogP contribution in [0.15, 0.2) is 56.8 Å². The molecule has 0 spiro atoms. The van der Waals surface area contributed by atoms with E-state index in [0.29, 0.717) is 28.2 Å². The van der Waals surface area contributed by atoms with Gasteiger partial charge in [-0.2, -0.15) is 0 Å². The van der Waals surface area contributed by atoms with E-state index in [4.69, 9.17) is 4.42 Å². The topological polar surface area (TPSA) is 114 Å². The molecule has 1 aromatic heterocycles. The summed E-state index contributed by atoms with van der Waals surface area (Å²) in [7, 11) is -3.65. The molecule has 1 atom stereocenters. The molecule has 0 unspecified atom stereocenters. The molecule has 3 aromatic rings.